The molecule has 1 aromatic heterocycles. The Labute approximate surface area is 115 Å². The van der Waals surface area contributed by atoms with Crippen LogP contribution in [0.4, 0.5) is 0 Å². The van der Waals surface area contributed by atoms with Crippen LogP contribution in [0.1, 0.15) is 54.9 Å². The Morgan fingerprint density at radius 3 is 2.68 bits per heavy atom. The van der Waals surface area contributed by atoms with E-state index in [4.69, 9.17) is 4.42 Å². The first-order valence-corrected chi connectivity index (χ1v) is 7.10. The molecule has 0 saturated carbocycles. The number of furan rings is 1. The summed E-state index contributed by atoms with van der Waals surface area (Å²) in [5.74, 6) is 2.66. The number of fused-ring (bicyclic) bond motifs is 1. The Hall–Kier alpha value is -1.76. The fourth-order valence-corrected chi connectivity index (χ4v) is 2.80. The number of allylic oxidation sites excluding steroid dienone is 1. The minimum absolute atomic E-state index is 0.563. The molecule has 1 nitrogen and oxygen atoms in total. The molecule has 0 aliphatic heterocycles. The molecular formula is C18H20O. The van der Waals surface area contributed by atoms with Crippen LogP contribution < -0.4 is 0 Å². The second-order valence-electron chi connectivity index (χ2n) is 5.54. The summed E-state index contributed by atoms with van der Waals surface area (Å²) in [6.07, 6.45) is 4.26. The van der Waals surface area contributed by atoms with E-state index in [-0.39, 0.29) is 0 Å². The minimum Gasteiger partial charge on any atom is -0.461 e. The van der Waals surface area contributed by atoms with E-state index in [1.165, 1.54) is 22.3 Å². The van der Waals surface area contributed by atoms with Gasteiger partial charge in [-0.2, -0.15) is 0 Å². The zero-order chi connectivity index (χ0) is 13.4. The van der Waals surface area contributed by atoms with E-state index in [0.717, 1.165) is 24.4 Å². The van der Waals surface area contributed by atoms with Gasteiger partial charge in [-0.25, -0.2) is 0 Å². The normalized spacial score (nSPS) is 13.8. The highest BCUT2D eigenvalue weighted by Gasteiger charge is 2.19. The van der Waals surface area contributed by atoms with Crippen molar-refractivity contribution in [1.82, 2.24) is 0 Å². The third-order valence-electron chi connectivity index (χ3n) is 3.88. The van der Waals surface area contributed by atoms with Crippen LogP contribution in [0.2, 0.25) is 0 Å². The van der Waals surface area contributed by atoms with Crippen molar-refractivity contribution < 1.29 is 4.42 Å². The molecule has 1 aliphatic carbocycles. The molecule has 1 aromatic carbocycles. The molecule has 0 atom stereocenters. The Balaban J connectivity index is 2.00. The number of hydrogen-bond donors (Lipinski definition) is 0. The SMILES string of the molecule is CCc1ccc(C2=Cc3c(cccc3C(C)C)C2)o1. The second kappa shape index (κ2) is 4.73. The van der Waals surface area contributed by atoms with Gasteiger partial charge in [0.25, 0.3) is 0 Å². The molecule has 0 saturated heterocycles. The first kappa shape index (κ1) is 12.3. The van der Waals surface area contributed by atoms with E-state index >= 15 is 0 Å². The van der Waals surface area contributed by atoms with E-state index in [1.807, 2.05) is 0 Å². The lowest BCUT2D eigenvalue weighted by Gasteiger charge is -2.10. The third-order valence-corrected chi connectivity index (χ3v) is 3.88. The van der Waals surface area contributed by atoms with Gasteiger partial charge in [-0.05, 0) is 46.4 Å². The molecule has 0 radical (unpaired) electrons. The van der Waals surface area contributed by atoms with Gasteiger partial charge in [0.2, 0.25) is 0 Å². The summed E-state index contributed by atoms with van der Waals surface area (Å²) in [5, 5.41) is 0. The average Bonchev–Trinajstić information content (AvgIpc) is 3.03. The highest BCUT2D eigenvalue weighted by molar-refractivity contribution is 5.88. The Morgan fingerprint density at radius 2 is 2.00 bits per heavy atom. The molecule has 0 fully saturated rings. The van der Waals surface area contributed by atoms with E-state index in [1.54, 1.807) is 0 Å². The summed E-state index contributed by atoms with van der Waals surface area (Å²) < 4.78 is 5.88. The number of hydrogen-bond acceptors (Lipinski definition) is 1. The Bertz CT molecular complexity index is 629. The monoisotopic (exact) mass is 252 g/mol. The lowest BCUT2D eigenvalue weighted by atomic mass is 9.95. The van der Waals surface area contributed by atoms with Gasteiger partial charge >= 0.3 is 0 Å². The summed E-state index contributed by atoms with van der Waals surface area (Å²) in [5.41, 5.74) is 5.58. The van der Waals surface area contributed by atoms with Crippen LogP contribution in [0.15, 0.2) is 34.7 Å². The van der Waals surface area contributed by atoms with Gasteiger partial charge in [0, 0.05) is 12.8 Å². The molecule has 19 heavy (non-hydrogen) atoms. The largest absolute Gasteiger partial charge is 0.461 e. The topological polar surface area (TPSA) is 13.1 Å². The van der Waals surface area contributed by atoms with Gasteiger partial charge in [-0.15, -0.1) is 0 Å². The van der Waals surface area contributed by atoms with Gasteiger partial charge in [0.15, 0.2) is 0 Å². The van der Waals surface area contributed by atoms with Crippen molar-refractivity contribution in [3.8, 4) is 0 Å². The van der Waals surface area contributed by atoms with E-state index in [9.17, 15) is 0 Å². The molecule has 0 N–H and O–H groups in total. The van der Waals surface area contributed by atoms with Crippen molar-refractivity contribution in [2.75, 3.05) is 0 Å². The third kappa shape index (κ3) is 2.14. The van der Waals surface area contributed by atoms with Crippen molar-refractivity contribution >= 4 is 11.6 Å². The van der Waals surface area contributed by atoms with Gasteiger partial charge in [0.1, 0.15) is 11.5 Å². The quantitative estimate of drug-likeness (QED) is 0.744. The maximum atomic E-state index is 5.88. The van der Waals surface area contributed by atoms with E-state index in [0.29, 0.717) is 5.92 Å². The fraction of sp³-hybridized carbons (Fsp3) is 0.333. The molecule has 3 rings (SSSR count). The summed E-state index contributed by atoms with van der Waals surface area (Å²) in [6.45, 7) is 6.63. The zero-order valence-corrected chi connectivity index (χ0v) is 11.9. The molecule has 98 valence electrons. The predicted octanol–water partition coefficient (Wildman–Crippen LogP) is 5.06. The van der Waals surface area contributed by atoms with E-state index in [2.05, 4.69) is 57.2 Å². The van der Waals surface area contributed by atoms with Crippen LogP contribution in [0, 0.1) is 0 Å². The van der Waals surface area contributed by atoms with Crippen LogP contribution >= 0.6 is 0 Å². The molecule has 0 amide bonds. The number of rotatable bonds is 3. The zero-order valence-electron chi connectivity index (χ0n) is 11.9. The standard InChI is InChI=1S/C18H20O/c1-4-15-8-9-18(19-15)14-10-13-6-5-7-16(12(2)3)17(13)11-14/h5-9,11-12H,4,10H2,1-3H3. The molecule has 0 spiro atoms. The Morgan fingerprint density at radius 1 is 1.16 bits per heavy atom. The molecule has 1 heteroatoms. The van der Waals surface area contributed by atoms with Gasteiger partial charge < -0.3 is 4.42 Å². The lowest BCUT2D eigenvalue weighted by molar-refractivity contribution is 0.503. The molecule has 0 bridgehead atoms. The average molecular weight is 252 g/mol. The van der Waals surface area contributed by atoms with Crippen LogP contribution in [0.3, 0.4) is 0 Å². The lowest BCUT2D eigenvalue weighted by Crippen LogP contribution is -1.93. The minimum atomic E-state index is 0.563. The first-order valence-electron chi connectivity index (χ1n) is 7.10. The maximum absolute atomic E-state index is 5.88. The van der Waals surface area contributed by atoms with Crippen molar-refractivity contribution in [3.05, 3.63) is 58.5 Å². The molecular weight excluding hydrogens is 232 g/mol. The van der Waals surface area contributed by atoms with Crippen molar-refractivity contribution in [2.24, 2.45) is 0 Å². The summed E-state index contributed by atoms with van der Waals surface area (Å²) in [7, 11) is 0. The molecule has 1 heterocycles. The smallest absolute Gasteiger partial charge is 0.130 e. The first-order chi connectivity index (χ1) is 9.19. The van der Waals surface area contributed by atoms with Gasteiger partial charge in [0.05, 0.1) is 0 Å². The predicted molar refractivity (Wildman–Crippen MR) is 80.2 cm³/mol. The van der Waals surface area contributed by atoms with Crippen molar-refractivity contribution in [1.29, 1.82) is 0 Å². The number of aryl methyl sites for hydroxylation is 1. The van der Waals surface area contributed by atoms with E-state index < -0.39 is 0 Å². The maximum Gasteiger partial charge on any atom is 0.130 e. The highest BCUT2D eigenvalue weighted by atomic mass is 16.3. The fourth-order valence-electron chi connectivity index (χ4n) is 2.80. The summed E-state index contributed by atoms with van der Waals surface area (Å²) in [6, 6.07) is 10.8. The summed E-state index contributed by atoms with van der Waals surface area (Å²) >= 11 is 0. The molecule has 0 unspecified atom stereocenters. The van der Waals surface area contributed by atoms with Crippen LogP contribution in [0.5, 0.6) is 0 Å². The molecule has 2 aromatic rings. The van der Waals surface area contributed by atoms with Crippen molar-refractivity contribution in [2.45, 2.75) is 39.5 Å². The summed E-state index contributed by atoms with van der Waals surface area (Å²) in [4.78, 5) is 0. The second-order valence-corrected chi connectivity index (χ2v) is 5.54. The van der Waals surface area contributed by atoms with Crippen LogP contribution in [-0.4, -0.2) is 0 Å². The number of benzene rings is 1. The highest BCUT2D eigenvalue weighted by Crippen LogP contribution is 2.36. The Kier molecular flexibility index (Phi) is 3.06. The van der Waals surface area contributed by atoms with Gasteiger partial charge in [-0.1, -0.05) is 39.0 Å². The van der Waals surface area contributed by atoms with Crippen molar-refractivity contribution in [3.63, 3.8) is 0 Å². The van der Waals surface area contributed by atoms with Crippen LogP contribution in [-0.2, 0) is 12.8 Å². The van der Waals surface area contributed by atoms with Crippen LogP contribution in [0.25, 0.3) is 11.6 Å². The van der Waals surface area contributed by atoms with Gasteiger partial charge in [-0.3, -0.25) is 0 Å². The molecule has 1 aliphatic rings.